The number of nitrogens with zero attached hydrogens (tertiary/aromatic N) is 2. The second-order valence-electron chi connectivity index (χ2n) is 9.07. The van der Waals surface area contributed by atoms with Crippen LogP contribution in [0.25, 0.3) is 0 Å². The zero-order valence-corrected chi connectivity index (χ0v) is 20.3. The number of benzene rings is 1. The summed E-state index contributed by atoms with van der Waals surface area (Å²) in [4.78, 5) is 51.5. The van der Waals surface area contributed by atoms with Gasteiger partial charge < -0.3 is 31.1 Å². The third-order valence-corrected chi connectivity index (χ3v) is 4.47. The van der Waals surface area contributed by atoms with Crippen LogP contribution in [0.1, 0.15) is 58.2 Å². The van der Waals surface area contributed by atoms with E-state index in [-0.39, 0.29) is 17.4 Å². The fourth-order valence-corrected chi connectivity index (χ4v) is 3.14. The highest BCUT2D eigenvalue weighted by Crippen LogP contribution is 2.32. The number of rotatable bonds is 9. The number of primary amides is 1. The minimum absolute atomic E-state index is 0.0804. The number of phenolic OH excluding ortho intramolecular Hbond substituents is 1. The Hall–Kier alpha value is -3.81. The van der Waals surface area contributed by atoms with Crippen molar-refractivity contribution in [3.05, 3.63) is 29.3 Å². The summed E-state index contributed by atoms with van der Waals surface area (Å²) in [5, 5.41) is 25.0. The van der Waals surface area contributed by atoms with E-state index in [1.54, 1.807) is 53.7 Å². The summed E-state index contributed by atoms with van der Waals surface area (Å²) in [6.45, 7) is 9.31. The number of hydrogen-bond acceptors (Lipinski definition) is 7. The number of aromatic hydroxyl groups is 1. The highest BCUT2D eigenvalue weighted by molar-refractivity contribution is 5.95. The Morgan fingerprint density at radius 1 is 1.21 bits per heavy atom. The van der Waals surface area contributed by atoms with E-state index in [1.807, 2.05) is 6.07 Å². The molecular formula is C23H33N5O6. The van der Waals surface area contributed by atoms with Crippen molar-refractivity contribution in [1.82, 2.24) is 15.5 Å². The Kier molecular flexibility index (Phi) is 9.86. The molecule has 0 saturated carbocycles. The van der Waals surface area contributed by atoms with Gasteiger partial charge in [0.15, 0.2) is 0 Å². The first kappa shape index (κ1) is 28.2. The summed E-state index contributed by atoms with van der Waals surface area (Å²) in [5.74, 6) is -2.70. The number of para-hydroxylation sites is 1. The van der Waals surface area contributed by atoms with Gasteiger partial charge in [0.1, 0.15) is 30.0 Å². The Bertz CT molecular complexity index is 964. The molecule has 0 aliphatic heterocycles. The Morgan fingerprint density at radius 3 is 2.32 bits per heavy atom. The van der Waals surface area contributed by atoms with Crippen molar-refractivity contribution in [2.45, 2.75) is 71.7 Å². The molecule has 34 heavy (non-hydrogen) atoms. The maximum Gasteiger partial charge on any atom is 0.408 e. The van der Waals surface area contributed by atoms with Crippen LogP contribution in [0, 0.1) is 18.3 Å². The lowest BCUT2D eigenvalue weighted by Gasteiger charge is -2.33. The molecule has 11 heteroatoms. The number of amides is 4. The lowest BCUT2D eigenvalue weighted by Crippen LogP contribution is -2.54. The molecule has 0 spiro atoms. The van der Waals surface area contributed by atoms with Crippen LogP contribution < -0.4 is 16.4 Å². The predicted octanol–water partition coefficient (Wildman–Crippen LogP) is 1.39. The molecule has 186 valence electrons. The van der Waals surface area contributed by atoms with Crippen molar-refractivity contribution in [1.29, 1.82) is 5.26 Å². The van der Waals surface area contributed by atoms with Gasteiger partial charge in [-0.2, -0.15) is 5.26 Å². The molecule has 11 nitrogen and oxygen atoms in total. The van der Waals surface area contributed by atoms with E-state index in [0.29, 0.717) is 5.56 Å². The van der Waals surface area contributed by atoms with E-state index in [4.69, 9.17) is 10.5 Å². The second-order valence-corrected chi connectivity index (χ2v) is 9.07. The van der Waals surface area contributed by atoms with Crippen molar-refractivity contribution < 1.29 is 29.0 Å². The number of carbonyl (C=O) groups is 4. The average molecular weight is 476 g/mol. The van der Waals surface area contributed by atoms with Crippen LogP contribution >= 0.6 is 0 Å². The van der Waals surface area contributed by atoms with Gasteiger partial charge in [0.25, 0.3) is 0 Å². The van der Waals surface area contributed by atoms with Crippen LogP contribution in [0.4, 0.5) is 4.79 Å². The summed E-state index contributed by atoms with van der Waals surface area (Å²) < 4.78 is 5.16. The minimum atomic E-state index is -1.51. The van der Waals surface area contributed by atoms with Crippen molar-refractivity contribution in [2.75, 3.05) is 6.54 Å². The summed E-state index contributed by atoms with van der Waals surface area (Å²) in [7, 11) is 0. The first-order valence-corrected chi connectivity index (χ1v) is 10.7. The highest BCUT2D eigenvalue weighted by Gasteiger charge is 2.38. The van der Waals surface area contributed by atoms with E-state index in [9.17, 15) is 29.5 Å². The Balaban J connectivity index is 3.53. The van der Waals surface area contributed by atoms with Gasteiger partial charge in [-0.05, 0) is 47.1 Å². The van der Waals surface area contributed by atoms with Crippen molar-refractivity contribution in [2.24, 2.45) is 5.73 Å². The predicted molar refractivity (Wildman–Crippen MR) is 123 cm³/mol. The molecule has 0 aromatic heterocycles. The van der Waals surface area contributed by atoms with Crippen molar-refractivity contribution >= 4 is 23.8 Å². The van der Waals surface area contributed by atoms with Crippen LogP contribution in [0.2, 0.25) is 0 Å². The molecule has 0 fully saturated rings. The molecule has 5 N–H and O–H groups in total. The first-order chi connectivity index (χ1) is 15.7. The van der Waals surface area contributed by atoms with Gasteiger partial charge in [-0.15, -0.1) is 0 Å². The number of nitrogens with two attached hydrogens (primary N) is 1. The van der Waals surface area contributed by atoms with E-state index in [2.05, 4.69) is 10.6 Å². The molecule has 1 rings (SSSR count). The van der Waals surface area contributed by atoms with Crippen LogP contribution in [0.3, 0.4) is 0 Å². The molecule has 2 atom stereocenters. The number of carbonyl (C=O) groups excluding carboxylic acids is 4. The maximum atomic E-state index is 13.5. The number of phenols is 1. The topological polar surface area (TPSA) is 175 Å². The zero-order valence-electron chi connectivity index (χ0n) is 20.3. The molecule has 0 radical (unpaired) electrons. The summed E-state index contributed by atoms with van der Waals surface area (Å²) in [6.07, 6.45) is -1.58. The van der Waals surface area contributed by atoms with E-state index < -0.39 is 54.5 Å². The van der Waals surface area contributed by atoms with Gasteiger partial charge in [0, 0.05) is 11.6 Å². The van der Waals surface area contributed by atoms with Gasteiger partial charge >= 0.3 is 6.09 Å². The van der Waals surface area contributed by atoms with Gasteiger partial charge in [0.05, 0.1) is 12.5 Å². The molecule has 0 bridgehead atoms. The van der Waals surface area contributed by atoms with Gasteiger partial charge in [-0.3, -0.25) is 14.4 Å². The van der Waals surface area contributed by atoms with Crippen LogP contribution in [-0.2, 0) is 19.1 Å². The van der Waals surface area contributed by atoms with Crippen LogP contribution in [0.5, 0.6) is 5.75 Å². The van der Waals surface area contributed by atoms with Gasteiger partial charge in [0.2, 0.25) is 17.7 Å². The Morgan fingerprint density at radius 2 is 1.82 bits per heavy atom. The second kappa shape index (κ2) is 11.9. The molecule has 1 aromatic carbocycles. The maximum absolute atomic E-state index is 13.5. The number of nitriles is 1. The fourth-order valence-electron chi connectivity index (χ4n) is 3.14. The fraction of sp³-hybridized carbons (Fsp3) is 0.522. The Labute approximate surface area is 199 Å². The molecule has 0 heterocycles. The van der Waals surface area contributed by atoms with E-state index >= 15 is 0 Å². The van der Waals surface area contributed by atoms with Crippen LogP contribution in [0.15, 0.2) is 18.2 Å². The standard InChI is InChI=1S/C23H33N5O6/c1-13(2)26-20(31)18(15-9-7-8-14(3)19(15)30)28(11-10-24)21(32)16(12-17(25)29)27-22(33)34-23(4,5)6/h7-9,13,16,18,30H,11-12H2,1-6H3,(H2,25,29)(H,26,31)(H,27,33). The van der Waals surface area contributed by atoms with Gasteiger partial charge in [-0.25, -0.2) is 4.79 Å². The third-order valence-electron chi connectivity index (χ3n) is 4.47. The number of aryl methyl sites for hydroxylation is 1. The number of nitrogens with one attached hydrogen (secondary N) is 2. The molecule has 0 aliphatic rings. The van der Waals surface area contributed by atoms with Crippen molar-refractivity contribution in [3.63, 3.8) is 0 Å². The number of alkyl carbamates (subject to hydrolysis) is 1. The molecular weight excluding hydrogens is 442 g/mol. The number of hydrogen-bond donors (Lipinski definition) is 4. The third kappa shape index (κ3) is 8.27. The smallest absolute Gasteiger partial charge is 0.408 e. The lowest BCUT2D eigenvalue weighted by atomic mass is 9.98. The van der Waals surface area contributed by atoms with Crippen LogP contribution in [-0.4, -0.2) is 58.1 Å². The minimum Gasteiger partial charge on any atom is -0.507 e. The average Bonchev–Trinajstić information content (AvgIpc) is 2.67. The normalized spacial score (nSPS) is 12.8. The molecule has 0 aliphatic carbocycles. The first-order valence-electron chi connectivity index (χ1n) is 10.7. The monoisotopic (exact) mass is 475 g/mol. The van der Waals surface area contributed by atoms with Crippen molar-refractivity contribution in [3.8, 4) is 11.8 Å². The summed E-state index contributed by atoms with van der Waals surface area (Å²) in [5.41, 5.74) is 4.92. The molecule has 0 saturated heterocycles. The lowest BCUT2D eigenvalue weighted by molar-refractivity contribution is -0.142. The SMILES string of the molecule is Cc1cccc(C(C(=O)NC(C)C)N(CC#N)C(=O)C(CC(N)=O)NC(=O)OC(C)(C)C)c1O. The zero-order chi connectivity index (χ0) is 26.2. The van der Waals surface area contributed by atoms with Gasteiger partial charge in [-0.1, -0.05) is 18.2 Å². The molecule has 1 aromatic rings. The molecule has 4 amide bonds. The van der Waals surface area contributed by atoms with E-state index in [1.165, 1.54) is 6.07 Å². The number of ether oxygens (including phenoxy) is 1. The summed E-state index contributed by atoms with van der Waals surface area (Å²) >= 11 is 0. The van der Waals surface area contributed by atoms with E-state index in [0.717, 1.165) is 4.90 Å². The highest BCUT2D eigenvalue weighted by atomic mass is 16.6. The largest absolute Gasteiger partial charge is 0.507 e. The summed E-state index contributed by atoms with van der Waals surface area (Å²) in [6, 6.07) is 3.23. The molecule has 2 unspecified atom stereocenters. The quantitative estimate of drug-likeness (QED) is 0.390.